The molecule has 3 rings (SSSR count). The van der Waals surface area contributed by atoms with Crippen LogP contribution in [0.15, 0.2) is 42.6 Å². The lowest BCUT2D eigenvalue weighted by Gasteiger charge is -2.04. The van der Waals surface area contributed by atoms with Crippen LogP contribution in [-0.2, 0) is 6.42 Å². The maximum absolute atomic E-state index is 5.87. The van der Waals surface area contributed by atoms with Crippen LogP contribution in [0.5, 0.6) is 5.75 Å². The SMILES string of the molecule is COc1cccc(Cc2nnc3c(N)cccn23)c1. The number of hydrogen-bond donors (Lipinski definition) is 1. The molecular weight excluding hydrogens is 240 g/mol. The number of methoxy groups -OCH3 is 1. The molecule has 0 unspecified atom stereocenters. The van der Waals surface area contributed by atoms with Gasteiger partial charge >= 0.3 is 0 Å². The Kier molecular flexibility index (Phi) is 2.79. The topological polar surface area (TPSA) is 65.4 Å². The number of nitrogens with zero attached hydrogens (tertiary/aromatic N) is 3. The van der Waals surface area contributed by atoms with Gasteiger partial charge in [0, 0.05) is 12.6 Å². The van der Waals surface area contributed by atoms with Gasteiger partial charge in [0.05, 0.1) is 12.8 Å². The van der Waals surface area contributed by atoms with Crippen LogP contribution in [0.25, 0.3) is 5.65 Å². The summed E-state index contributed by atoms with van der Waals surface area (Å²) < 4.78 is 7.13. The molecule has 0 amide bonds. The fraction of sp³-hybridized carbons (Fsp3) is 0.143. The van der Waals surface area contributed by atoms with E-state index < -0.39 is 0 Å². The van der Waals surface area contributed by atoms with Gasteiger partial charge in [-0.25, -0.2) is 0 Å². The summed E-state index contributed by atoms with van der Waals surface area (Å²) in [5.74, 6) is 1.70. The number of fused-ring (bicyclic) bond motifs is 1. The van der Waals surface area contributed by atoms with Crippen molar-refractivity contribution in [3.63, 3.8) is 0 Å². The molecule has 5 nitrogen and oxygen atoms in total. The van der Waals surface area contributed by atoms with Crippen LogP contribution in [0.1, 0.15) is 11.4 Å². The molecule has 0 aliphatic heterocycles. The normalized spacial score (nSPS) is 10.8. The van der Waals surface area contributed by atoms with Gasteiger partial charge in [-0.3, -0.25) is 4.40 Å². The number of nitrogens with two attached hydrogens (primary N) is 1. The number of rotatable bonds is 3. The Hall–Kier alpha value is -2.56. The first-order valence-electron chi connectivity index (χ1n) is 5.99. The van der Waals surface area contributed by atoms with Gasteiger partial charge in [0.2, 0.25) is 0 Å². The van der Waals surface area contributed by atoms with Crippen molar-refractivity contribution in [1.29, 1.82) is 0 Å². The third kappa shape index (κ3) is 2.10. The summed E-state index contributed by atoms with van der Waals surface area (Å²) in [6.07, 6.45) is 2.60. The van der Waals surface area contributed by atoms with E-state index in [0.717, 1.165) is 17.1 Å². The Balaban J connectivity index is 1.99. The Labute approximate surface area is 110 Å². The van der Waals surface area contributed by atoms with E-state index in [4.69, 9.17) is 10.5 Å². The highest BCUT2D eigenvalue weighted by Crippen LogP contribution is 2.17. The van der Waals surface area contributed by atoms with Crippen LogP contribution in [0.2, 0.25) is 0 Å². The van der Waals surface area contributed by atoms with Crippen molar-refractivity contribution in [1.82, 2.24) is 14.6 Å². The van der Waals surface area contributed by atoms with Crippen molar-refractivity contribution in [2.75, 3.05) is 12.8 Å². The highest BCUT2D eigenvalue weighted by Gasteiger charge is 2.08. The highest BCUT2D eigenvalue weighted by molar-refractivity contribution is 5.63. The lowest BCUT2D eigenvalue weighted by Crippen LogP contribution is -1.98. The second kappa shape index (κ2) is 4.61. The smallest absolute Gasteiger partial charge is 0.183 e. The van der Waals surface area contributed by atoms with Crippen molar-refractivity contribution in [3.05, 3.63) is 54.0 Å². The predicted octanol–water partition coefficient (Wildman–Crippen LogP) is 1.91. The summed E-state index contributed by atoms with van der Waals surface area (Å²) in [6.45, 7) is 0. The van der Waals surface area contributed by atoms with Crippen LogP contribution in [0.3, 0.4) is 0 Å². The number of benzene rings is 1. The van der Waals surface area contributed by atoms with Crippen LogP contribution >= 0.6 is 0 Å². The third-order valence-corrected chi connectivity index (χ3v) is 3.03. The Morgan fingerprint density at radius 1 is 1.21 bits per heavy atom. The molecule has 0 radical (unpaired) electrons. The van der Waals surface area contributed by atoms with Gasteiger partial charge in [-0.05, 0) is 29.8 Å². The molecule has 0 fully saturated rings. The second-order valence-corrected chi connectivity index (χ2v) is 4.30. The van der Waals surface area contributed by atoms with Gasteiger partial charge in [0.25, 0.3) is 0 Å². The second-order valence-electron chi connectivity index (χ2n) is 4.30. The molecule has 5 heteroatoms. The average Bonchev–Trinajstić information content (AvgIpc) is 2.84. The number of aromatic nitrogens is 3. The quantitative estimate of drug-likeness (QED) is 0.775. The third-order valence-electron chi connectivity index (χ3n) is 3.03. The van der Waals surface area contributed by atoms with Gasteiger partial charge in [-0.15, -0.1) is 10.2 Å². The molecule has 0 aliphatic carbocycles. The molecular formula is C14H14N4O. The van der Waals surface area contributed by atoms with E-state index in [-0.39, 0.29) is 0 Å². The molecule has 0 saturated heterocycles. The number of nitrogen functional groups attached to an aromatic ring is 1. The summed E-state index contributed by atoms with van der Waals surface area (Å²) in [5, 5.41) is 8.31. The molecule has 2 heterocycles. The van der Waals surface area contributed by atoms with E-state index in [1.165, 1.54) is 0 Å². The molecule has 2 aromatic heterocycles. The van der Waals surface area contributed by atoms with Gasteiger partial charge in [0.1, 0.15) is 11.6 Å². The molecule has 96 valence electrons. The Morgan fingerprint density at radius 3 is 2.95 bits per heavy atom. The fourth-order valence-electron chi connectivity index (χ4n) is 2.07. The van der Waals surface area contributed by atoms with Crippen molar-refractivity contribution >= 4 is 11.3 Å². The maximum atomic E-state index is 5.87. The predicted molar refractivity (Wildman–Crippen MR) is 73.2 cm³/mol. The van der Waals surface area contributed by atoms with E-state index in [0.29, 0.717) is 17.8 Å². The summed E-state index contributed by atoms with van der Waals surface area (Å²) >= 11 is 0. The van der Waals surface area contributed by atoms with Gasteiger partial charge < -0.3 is 10.5 Å². The largest absolute Gasteiger partial charge is 0.497 e. The van der Waals surface area contributed by atoms with Crippen LogP contribution < -0.4 is 10.5 Å². The number of hydrogen-bond acceptors (Lipinski definition) is 4. The number of pyridine rings is 1. The number of anilines is 1. The highest BCUT2D eigenvalue weighted by atomic mass is 16.5. The first-order chi connectivity index (χ1) is 9.28. The van der Waals surface area contributed by atoms with Crippen molar-refractivity contribution in [2.24, 2.45) is 0 Å². The molecule has 0 saturated carbocycles. The lowest BCUT2D eigenvalue weighted by atomic mass is 10.1. The van der Waals surface area contributed by atoms with E-state index in [1.54, 1.807) is 7.11 Å². The van der Waals surface area contributed by atoms with Crippen LogP contribution in [0, 0.1) is 0 Å². The molecule has 0 atom stereocenters. The van der Waals surface area contributed by atoms with Gasteiger partial charge in [0.15, 0.2) is 5.65 Å². The van der Waals surface area contributed by atoms with Crippen molar-refractivity contribution in [3.8, 4) is 5.75 Å². The first-order valence-corrected chi connectivity index (χ1v) is 5.99. The number of ether oxygens (including phenoxy) is 1. The minimum atomic E-state index is 0.631. The fourth-order valence-corrected chi connectivity index (χ4v) is 2.07. The molecule has 1 aromatic carbocycles. The molecule has 0 aliphatic rings. The summed E-state index contributed by atoms with van der Waals surface area (Å²) in [6, 6.07) is 11.6. The van der Waals surface area contributed by atoms with E-state index in [1.807, 2.05) is 47.0 Å². The van der Waals surface area contributed by atoms with Crippen molar-refractivity contribution in [2.45, 2.75) is 6.42 Å². The zero-order valence-corrected chi connectivity index (χ0v) is 10.6. The zero-order chi connectivity index (χ0) is 13.2. The summed E-state index contributed by atoms with van der Waals surface area (Å²) in [7, 11) is 1.66. The van der Waals surface area contributed by atoms with E-state index in [9.17, 15) is 0 Å². The molecule has 0 spiro atoms. The minimum Gasteiger partial charge on any atom is -0.497 e. The standard InChI is InChI=1S/C14H14N4O/c1-19-11-5-2-4-10(8-11)9-13-16-17-14-12(15)6-3-7-18(13)14/h2-8H,9,15H2,1H3. The van der Waals surface area contributed by atoms with Gasteiger partial charge in [-0.1, -0.05) is 12.1 Å². The zero-order valence-electron chi connectivity index (χ0n) is 10.6. The lowest BCUT2D eigenvalue weighted by molar-refractivity contribution is 0.414. The molecule has 3 aromatic rings. The van der Waals surface area contributed by atoms with Gasteiger partial charge in [-0.2, -0.15) is 0 Å². The maximum Gasteiger partial charge on any atom is 0.183 e. The summed E-state index contributed by atoms with van der Waals surface area (Å²) in [4.78, 5) is 0. The Bertz CT molecular complexity index is 720. The minimum absolute atomic E-state index is 0.631. The van der Waals surface area contributed by atoms with E-state index >= 15 is 0 Å². The van der Waals surface area contributed by atoms with Crippen LogP contribution in [-0.4, -0.2) is 21.7 Å². The molecule has 0 bridgehead atoms. The van der Waals surface area contributed by atoms with Crippen LogP contribution in [0.4, 0.5) is 5.69 Å². The van der Waals surface area contributed by atoms with Crippen molar-refractivity contribution < 1.29 is 4.74 Å². The molecule has 19 heavy (non-hydrogen) atoms. The van der Waals surface area contributed by atoms with E-state index in [2.05, 4.69) is 10.2 Å². The average molecular weight is 254 g/mol. The monoisotopic (exact) mass is 254 g/mol. The first kappa shape index (κ1) is 11.5. The summed E-state index contributed by atoms with van der Waals surface area (Å²) in [5.41, 5.74) is 8.31. The molecule has 2 N–H and O–H groups in total. The Morgan fingerprint density at radius 2 is 2.11 bits per heavy atom.